The van der Waals surface area contributed by atoms with Gasteiger partial charge in [0.1, 0.15) is 24.9 Å². The van der Waals surface area contributed by atoms with Crippen LogP contribution in [0.3, 0.4) is 0 Å². The van der Waals surface area contributed by atoms with Crippen LogP contribution >= 0.6 is 11.8 Å². The van der Waals surface area contributed by atoms with Gasteiger partial charge in [-0.15, -0.1) is 0 Å². The third-order valence-electron chi connectivity index (χ3n) is 5.58. The predicted octanol–water partition coefficient (Wildman–Crippen LogP) is 7.37. The van der Waals surface area contributed by atoms with Crippen molar-refractivity contribution in [2.24, 2.45) is 0 Å². The Bertz CT molecular complexity index is 620. The van der Waals surface area contributed by atoms with Crippen molar-refractivity contribution in [3.05, 3.63) is 12.7 Å². The van der Waals surface area contributed by atoms with Crippen LogP contribution in [0.2, 0.25) is 0 Å². The van der Waals surface area contributed by atoms with Crippen molar-refractivity contribution in [1.82, 2.24) is 5.32 Å². The Morgan fingerprint density at radius 1 is 0.865 bits per heavy atom. The molecule has 0 unspecified atom stereocenters. The van der Waals surface area contributed by atoms with Crippen molar-refractivity contribution in [2.75, 3.05) is 24.7 Å². The van der Waals surface area contributed by atoms with Crippen LogP contribution in [-0.4, -0.2) is 54.4 Å². The van der Waals surface area contributed by atoms with Gasteiger partial charge in [-0.3, -0.25) is 4.79 Å². The number of carbonyl (C=O) groups excluding carboxylic acids is 3. The van der Waals surface area contributed by atoms with Gasteiger partial charge in [-0.05, 0) is 27.2 Å². The Balaban J connectivity index is 3.85. The lowest BCUT2D eigenvalue weighted by molar-refractivity contribution is -0.144. The summed E-state index contributed by atoms with van der Waals surface area (Å²) in [5.41, 5.74) is -0.672. The normalized spacial score (nSPS) is 12.0. The van der Waals surface area contributed by atoms with Crippen LogP contribution in [0.15, 0.2) is 12.7 Å². The lowest BCUT2D eigenvalue weighted by Crippen LogP contribution is -2.45. The zero-order chi connectivity index (χ0) is 27.8. The molecule has 1 N–H and O–H groups in total. The molecule has 216 valence electrons. The second-order valence-corrected chi connectivity index (χ2v) is 11.6. The molecule has 0 saturated carbocycles. The molecule has 1 atom stereocenters. The van der Waals surface area contributed by atoms with Crippen molar-refractivity contribution in [3.63, 3.8) is 0 Å². The van der Waals surface area contributed by atoms with Gasteiger partial charge >= 0.3 is 18.0 Å². The summed E-state index contributed by atoms with van der Waals surface area (Å²) in [6, 6.07) is -0.860. The first-order valence-electron chi connectivity index (χ1n) is 14.2. The number of esters is 2. The Hall–Kier alpha value is -1.70. The molecule has 0 fully saturated rings. The topological polar surface area (TPSA) is 90.9 Å². The van der Waals surface area contributed by atoms with Crippen LogP contribution in [0.1, 0.15) is 118 Å². The fourth-order valence-corrected chi connectivity index (χ4v) is 4.46. The van der Waals surface area contributed by atoms with E-state index in [9.17, 15) is 14.4 Å². The lowest BCUT2D eigenvalue weighted by atomic mass is 10.0. The maximum atomic E-state index is 12.2. The summed E-state index contributed by atoms with van der Waals surface area (Å²) in [5.74, 6) is 0.0622. The number of amides is 1. The van der Waals surface area contributed by atoms with Crippen LogP contribution in [0.25, 0.3) is 0 Å². The van der Waals surface area contributed by atoms with Gasteiger partial charge in [0.15, 0.2) is 0 Å². The first-order chi connectivity index (χ1) is 17.7. The van der Waals surface area contributed by atoms with E-state index in [1.807, 2.05) is 0 Å². The maximum Gasteiger partial charge on any atom is 0.408 e. The number of hydrogen-bond acceptors (Lipinski definition) is 7. The number of nitrogens with one attached hydrogen (secondary N) is 1. The fourth-order valence-electron chi connectivity index (χ4n) is 3.63. The van der Waals surface area contributed by atoms with Gasteiger partial charge in [-0.25, -0.2) is 9.59 Å². The Labute approximate surface area is 230 Å². The molecule has 0 aliphatic heterocycles. The Kier molecular flexibility index (Phi) is 22.3. The molecule has 0 aromatic rings. The van der Waals surface area contributed by atoms with Crippen molar-refractivity contribution < 1.29 is 28.6 Å². The SMILES string of the molecule is C=CCOC(=O)[C@H](CSCCOC(=O)CCCCCCCCCCCCCCC)NC(=O)OC(C)(C)C. The summed E-state index contributed by atoms with van der Waals surface area (Å²) in [5, 5.41) is 2.55. The third-order valence-corrected chi connectivity index (χ3v) is 6.60. The standard InChI is InChI=1S/C29H53NO6S/c1-6-8-9-10-11-12-13-14-15-16-17-18-19-20-26(31)34-22-23-37-24-25(27(32)35-21-7-2)30-28(33)36-29(3,4)5/h7,25H,2,6,8-24H2,1,3-5H3,(H,30,33)/t25-/m0/s1. The highest BCUT2D eigenvalue weighted by Crippen LogP contribution is 2.13. The molecule has 0 aromatic carbocycles. The smallest absolute Gasteiger partial charge is 0.408 e. The van der Waals surface area contributed by atoms with Crippen molar-refractivity contribution in [3.8, 4) is 0 Å². The van der Waals surface area contributed by atoms with Crippen LogP contribution in [0.4, 0.5) is 4.79 Å². The van der Waals surface area contributed by atoms with E-state index < -0.39 is 23.7 Å². The minimum Gasteiger partial charge on any atom is -0.465 e. The van der Waals surface area contributed by atoms with Crippen LogP contribution in [0, 0.1) is 0 Å². The molecule has 0 aliphatic rings. The van der Waals surface area contributed by atoms with E-state index in [0.29, 0.717) is 12.2 Å². The molecule has 0 spiro atoms. The molecule has 0 radical (unpaired) electrons. The highest BCUT2D eigenvalue weighted by molar-refractivity contribution is 7.99. The van der Waals surface area contributed by atoms with Crippen molar-refractivity contribution in [1.29, 1.82) is 0 Å². The van der Waals surface area contributed by atoms with Crippen LogP contribution in [-0.2, 0) is 23.8 Å². The van der Waals surface area contributed by atoms with Gasteiger partial charge in [0.25, 0.3) is 0 Å². The first-order valence-corrected chi connectivity index (χ1v) is 15.4. The van der Waals surface area contributed by atoms with E-state index in [2.05, 4.69) is 18.8 Å². The summed E-state index contributed by atoms with van der Waals surface area (Å²) < 4.78 is 15.6. The first kappa shape index (κ1) is 35.3. The number of carbonyl (C=O) groups is 3. The Morgan fingerprint density at radius 3 is 1.92 bits per heavy atom. The van der Waals surface area contributed by atoms with Gasteiger partial charge in [-0.1, -0.05) is 96.6 Å². The Morgan fingerprint density at radius 2 is 1.41 bits per heavy atom. The monoisotopic (exact) mass is 543 g/mol. The van der Waals surface area contributed by atoms with E-state index in [1.165, 1.54) is 88.5 Å². The quantitative estimate of drug-likeness (QED) is 0.0623. The predicted molar refractivity (Wildman–Crippen MR) is 153 cm³/mol. The molecule has 1 amide bonds. The fraction of sp³-hybridized carbons (Fsp3) is 0.828. The number of rotatable bonds is 23. The average molecular weight is 544 g/mol. The van der Waals surface area contributed by atoms with E-state index in [1.54, 1.807) is 20.8 Å². The second kappa shape index (κ2) is 23.4. The second-order valence-electron chi connectivity index (χ2n) is 10.4. The summed E-state index contributed by atoms with van der Waals surface area (Å²) in [7, 11) is 0. The number of thioether (sulfide) groups is 1. The van der Waals surface area contributed by atoms with Gasteiger partial charge in [0, 0.05) is 17.9 Å². The minimum atomic E-state index is -0.860. The third kappa shape index (κ3) is 24.4. The molecule has 7 nitrogen and oxygen atoms in total. The summed E-state index contributed by atoms with van der Waals surface area (Å²) in [6.07, 6.45) is 17.7. The summed E-state index contributed by atoms with van der Waals surface area (Å²) in [6.45, 7) is 11.3. The van der Waals surface area contributed by atoms with Crippen molar-refractivity contribution in [2.45, 2.75) is 129 Å². The van der Waals surface area contributed by atoms with E-state index in [0.717, 1.165) is 12.8 Å². The maximum absolute atomic E-state index is 12.2. The molecular weight excluding hydrogens is 490 g/mol. The molecule has 0 aromatic heterocycles. The minimum absolute atomic E-state index is 0.0623. The van der Waals surface area contributed by atoms with Gasteiger partial charge in [0.2, 0.25) is 0 Å². The van der Waals surface area contributed by atoms with E-state index in [4.69, 9.17) is 14.2 Å². The molecule has 0 heterocycles. The van der Waals surface area contributed by atoms with Gasteiger partial charge in [-0.2, -0.15) is 11.8 Å². The number of unbranched alkanes of at least 4 members (excludes halogenated alkanes) is 12. The molecule has 37 heavy (non-hydrogen) atoms. The molecule has 0 rings (SSSR count). The highest BCUT2D eigenvalue weighted by Gasteiger charge is 2.25. The molecule has 0 saturated heterocycles. The number of hydrogen-bond donors (Lipinski definition) is 1. The molecule has 0 aliphatic carbocycles. The molecule has 0 bridgehead atoms. The van der Waals surface area contributed by atoms with E-state index >= 15 is 0 Å². The van der Waals surface area contributed by atoms with Gasteiger partial charge in [0.05, 0.1) is 0 Å². The molecular formula is C29H53NO6S. The lowest BCUT2D eigenvalue weighted by Gasteiger charge is -2.22. The highest BCUT2D eigenvalue weighted by atomic mass is 32.2. The zero-order valence-corrected chi connectivity index (χ0v) is 24.8. The number of alkyl carbamates (subject to hydrolysis) is 1. The largest absolute Gasteiger partial charge is 0.465 e. The van der Waals surface area contributed by atoms with Crippen LogP contribution < -0.4 is 5.32 Å². The molecule has 8 heteroatoms. The zero-order valence-electron chi connectivity index (χ0n) is 23.9. The average Bonchev–Trinajstić information content (AvgIpc) is 2.83. The van der Waals surface area contributed by atoms with Crippen LogP contribution in [0.5, 0.6) is 0 Å². The summed E-state index contributed by atoms with van der Waals surface area (Å²) >= 11 is 1.40. The number of ether oxygens (including phenoxy) is 3. The van der Waals surface area contributed by atoms with E-state index in [-0.39, 0.29) is 24.9 Å². The summed E-state index contributed by atoms with van der Waals surface area (Å²) in [4.78, 5) is 36.2. The van der Waals surface area contributed by atoms with Crippen molar-refractivity contribution >= 4 is 29.8 Å². The van der Waals surface area contributed by atoms with Gasteiger partial charge < -0.3 is 19.5 Å².